The van der Waals surface area contributed by atoms with E-state index in [1.54, 1.807) is 19.1 Å². The number of carbonyl (C=O) groups excluding carboxylic acids is 3. The number of fused-ring (bicyclic) bond motifs is 3. The zero-order valence-corrected chi connectivity index (χ0v) is 18.9. The van der Waals surface area contributed by atoms with Crippen molar-refractivity contribution in [3.8, 4) is 5.75 Å². The molecular formula is C24H26N2O9. The van der Waals surface area contributed by atoms with Crippen molar-refractivity contribution in [2.75, 3.05) is 31.2 Å². The molecule has 1 aromatic rings. The van der Waals surface area contributed by atoms with Crippen LogP contribution in [-0.2, 0) is 14.3 Å². The van der Waals surface area contributed by atoms with Crippen LogP contribution in [0.1, 0.15) is 35.2 Å². The second kappa shape index (κ2) is 7.80. The summed E-state index contributed by atoms with van der Waals surface area (Å²) >= 11 is 0. The number of ether oxygens (including phenoxy) is 1. The molecule has 4 aliphatic rings. The minimum atomic E-state index is -2.84. The fourth-order valence-electron chi connectivity index (χ4n) is 6.04. The molecule has 0 aromatic heterocycles. The Labute approximate surface area is 199 Å². The molecule has 1 saturated heterocycles. The summed E-state index contributed by atoms with van der Waals surface area (Å²) in [5.74, 6) is -8.63. The second-order valence-corrected chi connectivity index (χ2v) is 9.49. The molecule has 5 atom stereocenters. The number of aromatic hydroxyl groups is 1. The lowest BCUT2D eigenvalue weighted by Gasteiger charge is -2.50. The van der Waals surface area contributed by atoms with E-state index in [0.717, 1.165) is 0 Å². The second-order valence-electron chi connectivity index (χ2n) is 9.49. The predicted octanol–water partition coefficient (Wildman–Crippen LogP) is -0.0511. The van der Waals surface area contributed by atoms with Crippen LogP contribution in [0.5, 0.6) is 5.75 Å². The first-order chi connectivity index (χ1) is 16.5. The molecule has 5 rings (SSSR count). The summed E-state index contributed by atoms with van der Waals surface area (Å²) in [6.07, 6.45) is -2.05. The van der Waals surface area contributed by atoms with Crippen molar-refractivity contribution in [3.63, 3.8) is 0 Å². The fraction of sp³-hybridized carbons (Fsp3) is 0.458. The number of rotatable bonds is 2. The van der Waals surface area contributed by atoms with Crippen molar-refractivity contribution in [1.29, 1.82) is 0 Å². The van der Waals surface area contributed by atoms with Crippen molar-refractivity contribution >= 4 is 23.2 Å². The van der Waals surface area contributed by atoms with Gasteiger partial charge in [-0.3, -0.25) is 14.4 Å². The van der Waals surface area contributed by atoms with E-state index in [1.165, 1.54) is 0 Å². The van der Waals surface area contributed by atoms with Gasteiger partial charge in [0, 0.05) is 36.9 Å². The van der Waals surface area contributed by atoms with Crippen LogP contribution >= 0.6 is 0 Å². The highest BCUT2D eigenvalue weighted by molar-refractivity contribution is 6.24. The number of aliphatic hydroxyl groups excluding tert-OH is 3. The van der Waals surface area contributed by atoms with Gasteiger partial charge in [0.1, 0.15) is 22.8 Å². The topological polar surface area (TPSA) is 191 Å². The number of benzene rings is 1. The molecule has 0 bridgehead atoms. The van der Waals surface area contributed by atoms with Gasteiger partial charge in [-0.05, 0) is 17.5 Å². The van der Waals surface area contributed by atoms with E-state index < -0.39 is 76.0 Å². The molecule has 186 valence electrons. The molecule has 11 nitrogen and oxygen atoms in total. The number of phenols is 1. The standard InChI is InChI=1S/C24H26N2O9/c1-9-10-2-3-12(26-4-6-35-7-5-26)19(29)15(10)20(30)17-14(9)18(28)11-8-13(27)16(23(25)33)21(31)24(11,34)22(17)32/h2-3,9,11,14,18,27-29,32,34H,4-8H2,1H3,(H2,25,33)/t9-,11+,14+,18+,24+/m0/s1. The van der Waals surface area contributed by atoms with Crippen molar-refractivity contribution in [2.24, 2.45) is 17.6 Å². The van der Waals surface area contributed by atoms with Crippen LogP contribution in [0.25, 0.3) is 0 Å². The Balaban J connectivity index is 1.69. The number of anilines is 1. The number of nitrogens with zero attached hydrogens (tertiary/aromatic N) is 1. The average Bonchev–Trinajstić information content (AvgIpc) is 2.82. The third kappa shape index (κ3) is 2.98. The third-order valence-electron chi connectivity index (χ3n) is 7.83. The number of nitrogens with two attached hydrogens (primary N) is 1. The van der Waals surface area contributed by atoms with E-state index in [-0.39, 0.29) is 11.3 Å². The minimum absolute atomic E-state index is 0.0923. The summed E-state index contributed by atoms with van der Waals surface area (Å²) in [5, 5.41) is 55.1. The van der Waals surface area contributed by atoms with E-state index in [2.05, 4.69) is 0 Å². The van der Waals surface area contributed by atoms with Gasteiger partial charge in [-0.1, -0.05) is 13.0 Å². The SMILES string of the molecule is C[C@H]1c2ccc(N3CCOCC3)c(O)c2C(=O)C2=C(O)[C@]3(O)C(=O)C(C(N)=O)=C(O)C[C@@H]3[C@@H](O)[C@@H]21. The first-order valence-electron chi connectivity index (χ1n) is 11.4. The number of allylic oxidation sites excluding steroid dienone is 1. The van der Waals surface area contributed by atoms with Crippen LogP contribution in [0.2, 0.25) is 0 Å². The van der Waals surface area contributed by atoms with Crippen LogP contribution < -0.4 is 10.6 Å². The van der Waals surface area contributed by atoms with Gasteiger partial charge in [0.05, 0.1) is 30.6 Å². The zero-order chi connectivity index (χ0) is 25.4. The normalized spacial score (nSPS) is 32.8. The molecule has 0 radical (unpaired) electrons. The lowest BCUT2D eigenvalue weighted by atomic mass is 9.56. The summed E-state index contributed by atoms with van der Waals surface area (Å²) in [4.78, 5) is 40.4. The molecule has 35 heavy (non-hydrogen) atoms. The van der Waals surface area contributed by atoms with Gasteiger partial charge in [0.15, 0.2) is 11.4 Å². The molecule has 3 aliphatic carbocycles. The van der Waals surface area contributed by atoms with Crippen LogP contribution in [0, 0.1) is 11.8 Å². The Morgan fingerprint density at radius 1 is 1.17 bits per heavy atom. The minimum Gasteiger partial charge on any atom is -0.511 e. The van der Waals surface area contributed by atoms with Gasteiger partial charge in [-0.15, -0.1) is 0 Å². The van der Waals surface area contributed by atoms with E-state index in [1.807, 2.05) is 4.90 Å². The molecule has 1 amide bonds. The number of primary amides is 1. The summed E-state index contributed by atoms with van der Waals surface area (Å²) in [6.45, 7) is 3.57. The fourth-order valence-corrected chi connectivity index (χ4v) is 6.04. The summed E-state index contributed by atoms with van der Waals surface area (Å²) in [7, 11) is 0. The van der Waals surface area contributed by atoms with E-state index >= 15 is 0 Å². The average molecular weight is 486 g/mol. The number of amides is 1. The van der Waals surface area contributed by atoms with Crippen LogP contribution in [0.4, 0.5) is 5.69 Å². The lowest BCUT2D eigenvalue weighted by Crippen LogP contribution is -2.62. The number of Topliss-reactive ketones (excluding diaryl/α,β-unsaturated/α-hetero) is 2. The largest absolute Gasteiger partial charge is 0.511 e. The number of phenolic OH excluding ortho intramolecular Hbond substituents is 1. The Hall–Kier alpha value is -3.41. The van der Waals surface area contributed by atoms with E-state index in [9.17, 15) is 39.9 Å². The highest BCUT2D eigenvalue weighted by atomic mass is 16.5. The number of carbonyl (C=O) groups is 3. The van der Waals surface area contributed by atoms with Gasteiger partial charge in [-0.25, -0.2) is 0 Å². The van der Waals surface area contributed by atoms with Gasteiger partial charge >= 0.3 is 0 Å². The zero-order valence-electron chi connectivity index (χ0n) is 18.9. The lowest BCUT2D eigenvalue weighted by molar-refractivity contribution is -0.154. The van der Waals surface area contributed by atoms with Crippen LogP contribution in [-0.4, -0.2) is 81.0 Å². The van der Waals surface area contributed by atoms with E-state index in [4.69, 9.17) is 10.5 Å². The maximum Gasteiger partial charge on any atom is 0.255 e. The number of ketones is 2. The molecule has 0 saturated carbocycles. The monoisotopic (exact) mass is 486 g/mol. The van der Waals surface area contributed by atoms with Crippen molar-refractivity contribution in [2.45, 2.75) is 31.0 Å². The molecule has 1 fully saturated rings. The van der Waals surface area contributed by atoms with Gasteiger partial charge < -0.3 is 40.9 Å². The van der Waals surface area contributed by atoms with Gasteiger partial charge in [-0.2, -0.15) is 0 Å². The number of morpholine rings is 1. The number of hydrogen-bond donors (Lipinski definition) is 6. The van der Waals surface area contributed by atoms with Gasteiger partial charge in [0.25, 0.3) is 5.91 Å². The molecule has 1 aliphatic heterocycles. The molecular weight excluding hydrogens is 460 g/mol. The van der Waals surface area contributed by atoms with E-state index in [0.29, 0.717) is 37.6 Å². The molecule has 1 heterocycles. The summed E-state index contributed by atoms with van der Waals surface area (Å²) < 4.78 is 5.34. The van der Waals surface area contributed by atoms with Crippen molar-refractivity contribution in [1.82, 2.24) is 0 Å². The molecule has 11 heteroatoms. The quantitative estimate of drug-likeness (QED) is 0.309. The maximum atomic E-state index is 13.7. The van der Waals surface area contributed by atoms with Gasteiger partial charge in [0.2, 0.25) is 5.78 Å². The first-order valence-corrected chi connectivity index (χ1v) is 11.4. The first kappa shape index (κ1) is 23.3. The highest BCUT2D eigenvalue weighted by Gasteiger charge is 2.64. The smallest absolute Gasteiger partial charge is 0.255 e. The molecule has 0 unspecified atom stereocenters. The highest BCUT2D eigenvalue weighted by Crippen LogP contribution is 2.55. The maximum absolute atomic E-state index is 13.7. The number of hydrogen-bond acceptors (Lipinski definition) is 10. The Morgan fingerprint density at radius 3 is 2.46 bits per heavy atom. The van der Waals surface area contributed by atoms with Crippen molar-refractivity contribution in [3.05, 3.63) is 45.9 Å². The molecule has 1 aromatic carbocycles. The summed E-state index contributed by atoms with van der Waals surface area (Å²) in [5.41, 5.74) is 1.80. The molecule has 7 N–H and O–H groups in total. The Kier molecular flexibility index (Phi) is 5.20. The van der Waals surface area contributed by atoms with Crippen LogP contribution in [0.15, 0.2) is 34.8 Å². The Bertz CT molecular complexity index is 1230. The van der Waals surface area contributed by atoms with Crippen molar-refractivity contribution < 1.29 is 44.7 Å². The van der Waals surface area contributed by atoms with Crippen LogP contribution in [0.3, 0.4) is 0 Å². The number of aliphatic hydroxyl groups is 4. The Morgan fingerprint density at radius 2 is 1.83 bits per heavy atom. The summed E-state index contributed by atoms with van der Waals surface area (Å²) in [6, 6.07) is 3.36. The predicted molar refractivity (Wildman–Crippen MR) is 120 cm³/mol. The molecule has 0 spiro atoms. The third-order valence-corrected chi connectivity index (χ3v) is 7.83.